The molecule has 100 valence electrons. The van der Waals surface area contributed by atoms with Gasteiger partial charge in [0.25, 0.3) is 0 Å². The van der Waals surface area contributed by atoms with Gasteiger partial charge in [0, 0.05) is 19.8 Å². The van der Waals surface area contributed by atoms with Crippen LogP contribution in [0.4, 0.5) is 0 Å². The highest BCUT2D eigenvalue weighted by molar-refractivity contribution is 5.67. The van der Waals surface area contributed by atoms with Crippen LogP contribution in [0.3, 0.4) is 0 Å². The quantitative estimate of drug-likeness (QED) is 0.572. The third kappa shape index (κ3) is 4.02. The first-order valence-electron chi connectivity index (χ1n) is 6.13. The SMILES string of the molecule is CC(=O)OC=C(C)[C@H]1CC[C@@H](C)/C1=C\OC(C)=O. The zero-order chi connectivity index (χ0) is 13.7. The average molecular weight is 252 g/mol. The molecule has 1 aliphatic carbocycles. The highest BCUT2D eigenvalue weighted by Gasteiger charge is 2.29. The average Bonchev–Trinajstić information content (AvgIpc) is 2.64. The van der Waals surface area contributed by atoms with Crippen LogP contribution in [-0.4, -0.2) is 11.9 Å². The van der Waals surface area contributed by atoms with Crippen molar-refractivity contribution in [1.82, 2.24) is 0 Å². The van der Waals surface area contributed by atoms with Gasteiger partial charge < -0.3 is 9.47 Å². The van der Waals surface area contributed by atoms with E-state index in [0.29, 0.717) is 5.92 Å². The number of carbonyl (C=O) groups excluding carboxylic acids is 2. The lowest BCUT2D eigenvalue weighted by Gasteiger charge is -2.14. The van der Waals surface area contributed by atoms with Gasteiger partial charge in [0.2, 0.25) is 0 Å². The summed E-state index contributed by atoms with van der Waals surface area (Å²) in [5.74, 6) is -0.0680. The Hall–Kier alpha value is -1.58. The van der Waals surface area contributed by atoms with Crippen molar-refractivity contribution < 1.29 is 19.1 Å². The molecular formula is C14H20O4. The minimum Gasteiger partial charge on any atom is -0.435 e. The molecule has 1 aliphatic rings. The van der Waals surface area contributed by atoms with Gasteiger partial charge in [-0.1, -0.05) is 6.92 Å². The molecule has 0 aliphatic heterocycles. The van der Waals surface area contributed by atoms with Crippen molar-refractivity contribution in [3.05, 3.63) is 23.7 Å². The Kier molecular flexibility index (Phi) is 5.13. The molecule has 0 aromatic carbocycles. The van der Waals surface area contributed by atoms with Gasteiger partial charge in [-0.25, -0.2) is 0 Å². The predicted octanol–water partition coefficient (Wildman–Crippen LogP) is 2.95. The molecule has 0 saturated heterocycles. The zero-order valence-electron chi connectivity index (χ0n) is 11.4. The Morgan fingerprint density at radius 2 is 1.72 bits per heavy atom. The lowest BCUT2D eigenvalue weighted by molar-refractivity contribution is -0.136. The normalized spacial score (nSPS) is 26.2. The van der Waals surface area contributed by atoms with Crippen molar-refractivity contribution in [3.63, 3.8) is 0 Å². The van der Waals surface area contributed by atoms with E-state index in [9.17, 15) is 9.59 Å². The number of esters is 2. The monoisotopic (exact) mass is 252 g/mol. The molecule has 0 unspecified atom stereocenters. The van der Waals surface area contributed by atoms with Crippen LogP contribution in [0, 0.1) is 11.8 Å². The third-order valence-corrected chi connectivity index (χ3v) is 3.18. The molecule has 0 aromatic heterocycles. The number of carbonyl (C=O) groups is 2. The lowest BCUT2D eigenvalue weighted by Crippen LogP contribution is -2.05. The predicted molar refractivity (Wildman–Crippen MR) is 67.3 cm³/mol. The van der Waals surface area contributed by atoms with Crippen LogP contribution in [0.2, 0.25) is 0 Å². The van der Waals surface area contributed by atoms with Gasteiger partial charge in [0.1, 0.15) is 0 Å². The molecule has 4 heteroatoms. The highest BCUT2D eigenvalue weighted by Crippen LogP contribution is 2.40. The summed E-state index contributed by atoms with van der Waals surface area (Å²) in [5, 5.41) is 0. The van der Waals surface area contributed by atoms with Crippen molar-refractivity contribution in [2.75, 3.05) is 0 Å². The molecule has 0 radical (unpaired) electrons. The van der Waals surface area contributed by atoms with Gasteiger partial charge in [-0.05, 0) is 36.8 Å². The second-order valence-corrected chi connectivity index (χ2v) is 4.73. The van der Waals surface area contributed by atoms with Crippen LogP contribution in [0.1, 0.15) is 40.5 Å². The molecule has 0 amide bonds. The third-order valence-electron chi connectivity index (χ3n) is 3.18. The van der Waals surface area contributed by atoms with E-state index in [1.807, 2.05) is 6.92 Å². The van der Waals surface area contributed by atoms with Crippen LogP contribution in [-0.2, 0) is 19.1 Å². The Labute approximate surface area is 108 Å². The molecule has 2 atom stereocenters. The number of hydrogen-bond donors (Lipinski definition) is 0. The summed E-state index contributed by atoms with van der Waals surface area (Å²) in [6.07, 6.45) is 5.07. The molecule has 0 aromatic rings. The van der Waals surface area contributed by atoms with Gasteiger partial charge in [0.05, 0.1) is 12.5 Å². The first kappa shape index (κ1) is 14.5. The fourth-order valence-corrected chi connectivity index (χ4v) is 2.19. The second-order valence-electron chi connectivity index (χ2n) is 4.73. The Morgan fingerprint density at radius 1 is 1.11 bits per heavy atom. The summed E-state index contributed by atoms with van der Waals surface area (Å²) < 4.78 is 9.86. The lowest BCUT2D eigenvalue weighted by atomic mass is 9.93. The fourth-order valence-electron chi connectivity index (χ4n) is 2.19. The molecule has 0 N–H and O–H groups in total. The van der Waals surface area contributed by atoms with Gasteiger partial charge in [-0.3, -0.25) is 9.59 Å². The number of hydrogen-bond acceptors (Lipinski definition) is 4. The van der Waals surface area contributed by atoms with Crippen LogP contribution >= 0.6 is 0 Å². The van der Waals surface area contributed by atoms with E-state index in [2.05, 4.69) is 6.92 Å². The summed E-state index contributed by atoms with van der Waals surface area (Å²) in [6, 6.07) is 0. The van der Waals surface area contributed by atoms with Gasteiger partial charge in [-0.2, -0.15) is 0 Å². The van der Waals surface area contributed by atoms with Crippen LogP contribution in [0.25, 0.3) is 0 Å². The number of rotatable bonds is 3. The van der Waals surface area contributed by atoms with E-state index >= 15 is 0 Å². The Bertz CT molecular complexity index is 393. The molecule has 18 heavy (non-hydrogen) atoms. The smallest absolute Gasteiger partial charge is 0.307 e. The summed E-state index contributed by atoms with van der Waals surface area (Å²) in [4.78, 5) is 21.6. The molecule has 0 spiro atoms. The molecule has 0 heterocycles. The largest absolute Gasteiger partial charge is 0.435 e. The van der Waals surface area contributed by atoms with Crippen molar-refractivity contribution in [3.8, 4) is 0 Å². The fraction of sp³-hybridized carbons (Fsp3) is 0.571. The molecule has 1 rings (SSSR count). The summed E-state index contributed by atoms with van der Waals surface area (Å²) in [5.41, 5.74) is 2.07. The molecular weight excluding hydrogens is 232 g/mol. The van der Waals surface area contributed by atoms with Gasteiger partial charge in [-0.15, -0.1) is 0 Å². The van der Waals surface area contributed by atoms with E-state index in [1.54, 1.807) is 6.26 Å². The van der Waals surface area contributed by atoms with Crippen molar-refractivity contribution in [2.24, 2.45) is 11.8 Å². The van der Waals surface area contributed by atoms with E-state index in [0.717, 1.165) is 24.0 Å². The topological polar surface area (TPSA) is 52.6 Å². The van der Waals surface area contributed by atoms with Gasteiger partial charge >= 0.3 is 11.9 Å². The first-order valence-corrected chi connectivity index (χ1v) is 6.13. The van der Waals surface area contributed by atoms with Crippen LogP contribution in [0.5, 0.6) is 0 Å². The van der Waals surface area contributed by atoms with Crippen molar-refractivity contribution in [2.45, 2.75) is 40.5 Å². The molecule has 4 nitrogen and oxygen atoms in total. The number of ether oxygens (including phenoxy) is 2. The minimum absolute atomic E-state index is 0.193. The highest BCUT2D eigenvalue weighted by atomic mass is 16.5. The van der Waals surface area contributed by atoms with E-state index in [-0.39, 0.29) is 17.9 Å². The maximum Gasteiger partial charge on any atom is 0.307 e. The van der Waals surface area contributed by atoms with Crippen molar-refractivity contribution in [1.29, 1.82) is 0 Å². The minimum atomic E-state index is -0.328. The summed E-state index contributed by atoms with van der Waals surface area (Å²) in [7, 11) is 0. The molecule has 1 saturated carbocycles. The maximum atomic E-state index is 10.8. The van der Waals surface area contributed by atoms with Crippen LogP contribution in [0.15, 0.2) is 23.7 Å². The maximum absolute atomic E-state index is 10.8. The second kappa shape index (κ2) is 6.38. The van der Waals surface area contributed by atoms with E-state index in [1.165, 1.54) is 20.1 Å². The molecule has 0 bridgehead atoms. The van der Waals surface area contributed by atoms with Gasteiger partial charge in [0.15, 0.2) is 0 Å². The summed E-state index contributed by atoms with van der Waals surface area (Å²) >= 11 is 0. The van der Waals surface area contributed by atoms with Crippen LogP contribution < -0.4 is 0 Å². The summed E-state index contributed by atoms with van der Waals surface area (Å²) in [6.45, 7) is 6.78. The first-order chi connectivity index (χ1) is 8.41. The Morgan fingerprint density at radius 3 is 2.28 bits per heavy atom. The number of allylic oxidation sites excluding steroid dienone is 2. The zero-order valence-corrected chi connectivity index (χ0v) is 11.4. The standard InChI is InChI=1S/C14H20O4/c1-9-5-6-13(10(2)7-17-11(3)15)14(9)8-18-12(4)16/h7-9,13H,5-6H2,1-4H3/b10-7?,14-8+/t9-,13-/m1/s1. The van der Waals surface area contributed by atoms with E-state index < -0.39 is 0 Å². The van der Waals surface area contributed by atoms with E-state index in [4.69, 9.17) is 9.47 Å². The molecule has 1 fully saturated rings. The van der Waals surface area contributed by atoms with Crippen molar-refractivity contribution >= 4 is 11.9 Å². The Balaban J connectivity index is 2.80.